The van der Waals surface area contributed by atoms with Gasteiger partial charge in [-0.15, -0.1) is 5.10 Å². The minimum Gasteiger partial charge on any atom is -0.496 e. The number of carbonyl (C=O) groups is 1. The molecule has 3 aromatic rings. The summed E-state index contributed by atoms with van der Waals surface area (Å²) in [5.41, 5.74) is 2.66. The van der Waals surface area contributed by atoms with Crippen LogP contribution in [0.5, 0.6) is 5.75 Å². The third kappa shape index (κ3) is 3.60. The van der Waals surface area contributed by atoms with Crippen molar-refractivity contribution in [1.82, 2.24) is 10.2 Å². The molecule has 122 valence electrons. The van der Waals surface area contributed by atoms with Gasteiger partial charge in [0, 0.05) is 5.56 Å². The van der Waals surface area contributed by atoms with E-state index in [1.165, 1.54) is 0 Å². The van der Waals surface area contributed by atoms with E-state index in [1.54, 1.807) is 7.11 Å². The largest absolute Gasteiger partial charge is 0.496 e. The van der Waals surface area contributed by atoms with Gasteiger partial charge in [-0.05, 0) is 36.2 Å². The molecule has 0 saturated carbocycles. The standard InChI is InChI=1S/C18H17N3O3/c1-12-10-13(8-9-15(12)23-2)11-16(22)19-18-21-20-17(24-18)14-6-4-3-5-7-14/h3-10H,11H2,1-2H3,(H,19,21,22). The van der Waals surface area contributed by atoms with E-state index < -0.39 is 0 Å². The Morgan fingerprint density at radius 3 is 2.67 bits per heavy atom. The summed E-state index contributed by atoms with van der Waals surface area (Å²) in [4.78, 5) is 12.1. The fourth-order valence-corrected chi connectivity index (χ4v) is 2.37. The van der Waals surface area contributed by atoms with E-state index in [2.05, 4.69) is 15.5 Å². The summed E-state index contributed by atoms with van der Waals surface area (Å²) in [6.45, 7) is 1.93. The van der Waals surface area contributed by atoms with Gasteiger partial charge in [0.2, 0.25) is 11.8 Å². The summed E-state index contributed by atoms with van der Waals surface area (Å²) in [7, 11) is 1.62. The van der Waals surface area contributed by atoms with E-state index in [1.807, 2.05) is 55.5 Å². The number of nitrogens with one attached hydrogen (secondary N) is 1. The second-order valence-corrected chi connectivity index (χ2v) is 5.31. The molecule has 1 aromatic heterocycles. The highest BCUT2D eigenvalue weighted by molar-refractivity contribution is 5.90. The molecule has 6 nitrogen and oxygen atoms in total. The number of rotatable bonds is 5. The molecule has 1 amide bonds. The first-order valence-corrected chi connectivity index (χ1v) is 7.48. The molecule has 0 radical (unpaired) electrons. The van der Waals surface area contributed by atoms with Gasteiger partial charge in [-0.25, -0.2) is 0 Å². The lowest BCUT2D eigenvalue weighted by molar-refractivity contribution is -0.115. The molecule has 0 aliphatic rings. The lowest BCUT2D eigenvalue weighted by Gasteiger charge is -2.07. The molecular weight excluding hydrogens is 306 g/mol. The number of hydrogen-bond acceptors (Lipinski definition) is 5. The van der Waals surface area contributed by atoms with E-state index in [0.717, 1.165) is 22.4 Å². The summed E-state index contributed by atoms with van der Waals surface area (Å²) in [5.74, 6) is 0.942. The molecule has 2 aromatic carbocycles. The zero-order valence-electron chi connectivity index (χ0n) is 13.4. The molecule has 1 N–H and O–H groups in total. The first-order valence-electron chi connectivity index (χ1n) is 7.48. The van der Waals surface area contributed by atoms with Gasteiger partial charge in [-0.2, -0.15) is 0 Å². The van der Waals surface area contributed by atoms with E-state index in [0.29, 0.717) is 5.89 Å². The highest BCUT2D eigenvalue weighted by atomic mass is 16.5. The molecular formula is C18H17N3O3. The zero-order valence-corrected chi connectivity index (χ0v) is 13.4. The van der Waals surface area contributed by atoms with Gasteiger partial charge in [-0.1, -0.05) is 35.4 Å². The number of nitrogens with zero attached hydrogens (tertiary/aromatic N) is 2. The highest BCUT2D eigenvalue weighted by Crippen LogP contribution is 2.20. The Bertz CT molecular complexity index is 844. The normalized spacial score (nSPS) is 10.4. The van der Waals surface area contributed by atoms with Crippen molar-refractivity contribution in [3.05, 3.63) is 59.7 Å². The van der Waals surface area contributed by atoms with Crippen LogP contribution in [0.3, 0.4) is 0 Å². The van der Waals surface area contributed by atoms with Crippen LogP contribution < -0.4 is 10.1 Å². The van der Waals surface area contributed by atoms with Crippen LogP contribution in [0.15, 0.2) is 52.9 Å². The molecule has 0 bridgehead atoms. The quantitative estimate of drug-likeness (QED) is 0.780. The maximum Gasteiger partial charge on any atom is 0.322 e. The summed E-state index contributed by atoms with van der Waals surface area (Å²) in [5, 5.41) is 10.4. The van der Waals surface area contributed by atoms with E-state index in [9.17, 15) is 4.79 Å². The number of amides is 1. The Labute approximate surface area is 139 Å². The van der Waals surface area contributed by atoms with Crippen molar-refractivity contribution in [1.29, 1.82) is 0 Å². The molecule has 6 heteroatoms. The summed E-state index contributed by atoms with van der Waals surface area (Å²) in [6.07, 6.45) is 0.216. The van der Waals surface area contributed by atoms with Crippen molar-refractivity contribution in [3.8, 4) is 17.2 Å². The lowest BCUT2D eigenvalue weighted by Crippen LogP contribution is -2.14. The third-order valence-electron chi connectivity index (χ3n) is 3.52. The van der Waals surface area contributed by atoms with Gasteiger partial charge >= 0.3 is 6.01 Å². The van der Waals surface area contributed by atoms with Crippen LogP contribution >= 0.6 is 0 Å². The smallest absolute Gasteiger partial charge is 0.322 e. The SMILES string of the molecule is COc1ccc(CC(=O)Nc2nnc(-c3ccccc3)o2)cc1C. The second kappa shape index (κ2) is 6.95. The summed E-state index contributed by atoms with van der Waals surface area (Å²) in [6, 6.07) is 15.1. The molecule has 0 fully saturated rings. The maximum atomic E-state index is 12.1. The Morgan fingerprint density at radius 2 is 1.96 bits per heavy atom. The van der Waals surface area contributed by atoms with Gasteiger partial charge in [-0.3, -0.25) is 10.1 Å². The zero-order chi connectivity index (χ0) is 16.9. The van der Waals surface area contributed by atoms with E-state index >= 15 is 0 Å². The maximum absolute atomic E-state index is 12.1. The number of hydrogen-bond donors (Lipinski definition) is 1. The van der Waals surface area contributed by atoms with Crippen molar-refractivity contribution in [2.75, 3.05) is 12.4 Å². The average Bonchev–Trinajstić information content (AvgIpc) is 3.04. The van der Waals surface area contributed by atoms with Crippen LogP contribution in [0.1, 0.15) is 11.1 Å². The van der Waals surface area contributed by atoms with E-state index in [4.69, 9.17) is 9.15 Å². The van der Waals surface area contributed by atoms with Crippen molar-refractivity contribution >= 4 is 11.9 Å². The molecule has 0 aliphatic heterocycles. The van der Waals surface area contributed by atoms with Gasteiger partial charge < -0.3 is 9.15 Å². The summed E-state index contributed by atoms with van der Waals surface area (Å²) >= 11 is 0. The number of ether oxygens (including phenoxy) is 1. The topological polar surface area (TPSA) is 77.2 Å². The van der Waals surface area contributed by atoms with Crippen molar-refractivity contribution < 1.29 is 13.9 Å². The van der Waals surface area contributed by atoms with Crippen LogP contribution in [-0.2, 0) is 11.2 Å². The van der Waals surface area contributed by atoms with Crippen LogP contribution in [-0.4, -0.2) is 23.2 Å². The Hall–Kier alpha value is -3.15. The number of aromatic nitrogens is 2. The molecule has 0 spiro atoms. The predicted molar refractivity (Wildman–Crippen MR) is 89.8 cm³/mol. The molecule has 0 saturated heterocycles. The minimum atomic E-state index is -0.220. The van der Waals surface area contributed by atoms with Gasteiger partial charge in [0.05, 0.1) is 13.5 Å². The van der Waals surface area contributed by atoms with Crippen LogP contribution in [0.4, 0.5) is 6.01 Å². The number of anilines is 1. The molecule has 24 heavy (non-hydrogen) atoms. The van der Waals surface area contributed by atoms with Crippen molar-refractivity contribution in [2.24, 2.45) is 0 Å². The number of carbonyl (C=O) groups excluding carboxylic acids is 1. The fourth-order valence-electron chi connectivity index (χ4n) is 2.37. The van der Waals surface area contributed by atoms with Gasteiger partial charge in [0.15, 0.2) is 0 Å². The van der Waals surface area contributed by atoms with Crippen molar-refractivity contribution in [3.63, 3.8) is 0 Å². The molecule has 0 unspecified atom stereocenters. The molecule has 0 aliphatic carbocycles. The first kappa shape index (κ1) is 15.7. The Morgan fingerprint density at radius 1 is 1.17 bits per heavy atom. The Kier molecular flexibility index (Phi) is 4.56. The lowest BCUT2D eigenvalue weighted by atomic mass is 10.1. The minimum absolute atomic E-state index is 0.0871. The average molecular weight is 323 g/mol. The Balaban J connectivity index is 1.65. The predicted octanol–water partition coefficient (Wildman–Crippen LogP) is 3.23. The van der Waals surface area contributed by atoms with Crippen LogP contribution in [0, 0.1) is 6.92 Å². The molecule has 1 heterocycles. The second-order valence-electron chi connectivity index (χ2n) is 5.31. The molecule has 0 atom stereocenters. The van der Waals surface area contributed by atoms with Gasteiger partial charge in [0.25, 0.3) is 0 Å². The van der Waals surface area contributed by atoms with Gasteiger partial charge in [0.1, 0.15) is 5.75 Å². The summed E-state index contributed by atoms with van der Waals surface area (Å²) < 4.78 is 10.7. The molecule has 3 rings (SSSR count). The van der Waals surface area contributed by atoms with Crippen LogP contribution in [0.2, 0.25) is 0 Å². The highest BCUT2D eigenvalue weighted by Gasteiger charge is 2.12. The first-order chi connectivity index (χ1) is 11.7. The fraction of sp³-hybridized carbons (Fsp3) is 0.167. The number of methoxy groups -OCH3 is 1. The third-order valence-corrected chi connectivity index (χ3v) is 3.52. The number of benzene rings is 2. The monoisotopic (exact) mass is 323 g/mol. The number of aryl methyl sites for hydroxylation is 1. The van der Waals surface area contributed by atoms with E-state index in [-0.39, 0.29) is 18.3 Å². The van der Waals surface area contributed by atoms with Crippen molar-refractivity contribution in [2.45, 2.75) is 13.3 Å². The van der Waals surface area contributed by atoms with Crippen LogP contribution in [0.25, 0.3) is 11.5 Å².